The minimum Gasteiger partial charge on any atom is -0.290 e. The van der Waals surface area contributed by atoms with Gasteiger partial charge in [-0.3, -0.25) is 10.0 Å². The molecule has 0 fully saturated rings. The van der Waals surface area contributed by atoms with Crippen molar-refractivity contribution in [2.45, 2.75) is 13.8 Å². The maximum absolute atomic E-state index is 8.41. The Bertz CT molecular complexity index is 46.4. The number of hydroxylamine groups is 2. The molecule has 50 valence electrons. The summed E-state index contributed by atoms with van der Waals surface area (Å²) in [6.07, 6.45) is 0. The number of hydrogen-bond acceptors (Lipinski definition) is 3. The SMILES string of the molecule is CC(C)CON(C)O. The average Bonchev–Trinajstić information content (AvgIpc) is 1.61. The van der Waals surface area contributed by atoms with Crippen molar-refractivity contribution < 1.29 is 10.0 Å². The van der Waals surface area contributed by atoms with E-state index >= 15 is 0 Å². The summed E-state index contributed by atoms with van der Waals surface area (Å²) in [5.74, 6) is 0.463. The van der Waals surface area contributed by atoms with E-state index in [2.05, 4.69) is 0 Å². The van der Waals surface area contributed by atoms with Gasteiger partial charge in [-0.15, -0.1) is 0 Å². The first-order chi connectivity index (χ1) is 3.63. The molecular formula is C5H13NO2. The summed E-state index contributed by atoms with van der Waals surface area (Å²) >= 11 is 0. The first kappa shape index (κ1) is 7.88. The predicted molar refractivity (Wildman–Crippen MR) is 30.3 cm³/mol. The van der Waals surface area contributed by atoms with Crippen LogP contribution in [0.5, 0.6) is 0 Å². The number of hydrogen-bond donors (Lipinski definition) is 1. The Balaban J connectivity index is 2.93. The van der Waals surface area contributed by atoms with Crippen molar-refractivity contribution >= 4 is 0 Å². The van der Waals surface area contributed by atoms with Gasteiger partial charge >= 0.3 is 0 Å². The molecule has 0 aliphatic heterocycles. The van der Waals surface area contributed by atoms with Crippen LogP contribution in [0.25, 0.3) is 0 Å². The van der Waals surface area contributed by atoms with Crippen molar-refractivity contribution in [2.24, 2.45) is 5.92 Å². The topological polar surface area (TPSA) is 32.7 Å². The van der Waals surface area contributed by atoms with E-state index in [0.29, 0.717) is 12.5 Å². The predicted octanol–water partition coefficient (Wildman–Crippen LogP) is 0.895. The van der Waals surface area contributed by atoms with Crippen LogP contribution in [0.2, 0.25) is 0 Å². The van der Waals surface area contributed by atoms with Gasteiger partial charge in [-0.25, -0.2) is 0 Å². The molecule has 0 spiro atoms. The van der Waals surface area contributed by atoms with E-state index in [9.17, 15) is 0 Å². The zero-order chi connectivity index (χ0) is 6.57. The molecule has 0 aliphatic carbocycles. The van der Waals surface area contributed by atoms with E-state index in [-0.39, 0.29) is 0 Å². The fourth-order valence-corrected chi connectivity index (χ4v) is 0.257. The summed E-state index contributed by atoms with van der Waals surface area (Å²) in [6, 6.07) is 0. The monoisotopic (exact) mass is 119 g/mol. The molecule has 0 atom stereocenters. The van der Waals surface area contributed by atoms with E-state index in [1.165, 1.54) is 7.05 Å². The Morgan fingerprint density at radius 2 is 2.12 bits per heavy atom. The zero-order valence-corrected chi connectivity index (χ0v) is 5.59. The van der Waals surface area contributed by atoms with Gasteiger partial charge in [-0.05, 0) is 5.92 Å². The van der Waals surface area contributed by atoms with Crippen LogP contribution >= 0.6 is 0 Å². The molecular weight excluding hydrogens is 106 g/mol. The summed E-state index contributed by atoms with van der Waals surface area (Å²) < 4.78 is 0. The fraction of sp³-hybridized carbons (Fsp3) is 1.00. The molecule has 0 radical (unpaired) electrons. The second-order valence-corrected chi connectivity index (χ2v) is 2.15. The third-order valence-corrected chi connectivity index (χ3v) is 0.595. The first-order valence-corrected chi connectivity index (χ1v) is 2.68. The van der Waals surface area contributed by atoms with Crippen molar-refractivity contribution in [1.82, 2.24) is 5.23 Å². The molecule has 0 aromatic heterocycles. The maximum Gasteiger partial charge on any atom is 0.0734 e. The highest BCUT2D eigenvalue weighted by Crippen LogP contribution is 1.91. The molecule has 3 heteroatoms. The van der Waals surface area contributed by atoms with Crippen molar-refractivity contribution in [2.75, 3.05) is 13.7 Å². The van der Waals surface area contributed by atoms with Gasteiger partial charge < -0.3 is 0 Å². The fourth-order valence-electron chi connectivity index (χ4n) is 0.257. The van der Waals surface area contributed by atoms with E-state index in [0.717, 1.165) is 5.23 Å². The second-order valence-electron chi connectivity index (χ2n) is 2.15. The van der Waals surface area contributed by atoms with Crippen LogP contribution in [0.4, 0.5) is 0 Å². The van der Waals surface area contributed by atoms with Crippen molar-refractivity contribution in [3.63, 3.8) is 0 Å². The van der Waals surface area contributed by atoms with Crippen molar-refractivity contribution in [3.8, 4) is 0 Å². The lowest BCUT2D eigenvalue weighted by atomic mass is 10.2. The summed E-state index contributed by atoms with van der Waals surface area (Å²) in [4.78, 5) is 4.69. The average molecular weight is 119 g/mol. The Kier molecular flexibility index (Phi) is 3.77. The minimum atomic E-state index is 0.463. The lowest BCUT2D eigenvalue weighted by molar-refractivity contribution is -0.327. The lowest BCUT2D eigenvalue weighted by Gasteiger charge is -2.09. The quantitative estimate of drug-likeness (QED) is 0.560. The summed E-state index contributed by atoms with van der Waals surface area (Å²) in [7, 11) is 1.45. The molecule has 0 saturated carbocycles. The third-order valence-electron chi connectivity index (χ3n) is 0.595. The first-order valence-electron chi connectivity index (χ1n) is 2.68. The summed E-state index contributed by atoms with van der Waals surface area (Å²) in [5, 5.41) is 9.13. The second kappa shape index (κ2) is 3.83. The molecule has 3 nitrogen and oxygen atoms in total. The van der Waals surface area contributed by atoms with Gasteiger partial charge in [-0.2, -0.15) is 0 Å². The highest BCUT2D eigenvalue weighted by molar-refractivity contribution is 4.35. The summed E-state index contributed by atoms with van der Waals surface area (Å²) in [5.41, 5.74) is 0. The van der Waals surface area contributed by atoms with E-state index in [1.54, 1.807) is 0 Å². The highest BCUT2D eigenvalue weighted by atomic mass is 16.9. The van der Waals surface area contributed by atoms with Crippen LogP contribution < -0.4 is 0 Å². The molecule has 0 saturated heterocycles. The van der Waals surface area contributed by atoms with Crippen molar-refractivity contribution in [1.29, 1.82) is 0 Å². The Morgan fingerprint density at radius 3 is 2.25 bits per heavy atom. The molecule has 8 heavy (non-hydrogen) atoms. The maximum atomic E-state index is 8.41. The standard InChI is InChI=1S/C5H13NO2/c1-5(2)4-8-6(3)7/h5,7H,4H2,1-3H3. The van der Waals surface area contributed by atoms with Crippen LogP contribution in [0.1, 0.15) is 13.8 Å². The van der Waals surface area contributed by atoms with Crippen LogP contribution in [0.15, 0.2) is 0 Å². The minimum absolute atomic E-state index is 0.463. The Morgan fingerprint density at radius 1 is 1.62 bits per heavy atom. The van der Waals surface area contributed by atoms with Crippen LogP contribution in [-0.2, 0) is 4.84 Å². The largest absolute Gasteiger partial charge is 0.290 e. The van der Waals surface area contributed by atoms with Gasteiger partial charge in [0.15, 0.2) is 0 Å². The molecule has 0 aromatic carbocycles. The third kappa shape index (κ3) is 5.88. The van der Waals surface area contributed by atoms with Gasteiger partial charge in [-0.1, -0.05) is 19.1 Å². The molecule has 0 aromatic rings. The number of rotatable bonds is 3. The smallest absolute Gasteiger partial charge is 0.0734 e. The van der Waals surface area contributed by atoms with Crippen LogP contribution in [-0.4, -0.2) is 24.1 Å². The zero-order valence-electron chi connectivity index (χ0n) is 5.59. The van der Waals surface area contributed by atoms with Crippen LogP contribution in [0, 0.1) is 5.92 Å². The van der Waals surface area contributed by atoms with Crippen LogP contribution in [0.3, 0.4) is 0 Å². The molecule has 1 N–H and O–H groups in total. The Hall–Kier alpha value is -0.120. The molecule has 0 rings (SSSR count). The lowest BCUT2D eigenvalue weighted by Crippen LogP contribution is -2.16. The molecule has 0 bridgehead atoms. The van der Waals surface area contributed by atoms with Gasteiger partial charge in [0.25, 0.3) is 0 Å². The summed E-state index contributed by atoms with van der Waals surface area (Å²) in [6.45, 7) is 4.60. The van der Waals surface area contributed by atoms with Gasteiger partial charge in [0.05, 0.1) is 6.61 Å². The highest BCUT2D eigenvalue weighted by Gasteiger charge is 1.94. The van der Waals surface area contributed by atoms with Crippen molar-refractivity contribution in [3.05, 3.63) is 0 Å². The Labute approximate surface area is 49.8 Å². The molecule has 0 aliphatic rings. The molecule has 0 unspecified atom stereocenters. The number of nitrogens with zero attached hydrogens (tertiary/aromatic N) is 1. The normalized spacial score (nSPS) is 11.2. The van der Waals surface area contributed by atoms with E-state index in [1.807, 2.05) is 13.8 Å². The van der Waals surface area contributed by atoms with Gasteiger partial charge in [0.1, 0.15) is 0 Å². The molecule has 0 amide bonds. The van der Waals surface area contributed by atoms with E-state index in [4.69, 9.17) is 10.0 Å². The van der Waals surface area contributed by atoms with Gasteiger partial charge in [0, 0.05) is 7.05 Å². The van der Waals surface area contributed by atoms with Gasteiger partial charge in [0.2, 0.25) is 0 Å². The van der Waals surface area contributed by atoms with E-state index < -0.39 is 0 Å². The molecule has 0 heterocycles.